The first-order chi connectivity index (χ1) is 12.2. The highest BCUT2D eigenvalue weighted by Gasteiger charge is 2.26. The van der Waals surface area contributed by atoms with E-state index in [-0.39, 0.29) is 25.4 Å². The van der Waals surface area contributed by atoms with E-state index in [9.17, 15) is 24.3 Å². The summed E-state index contributed by atoms with van der Waals surface area (Å²) < 4.78 is 0. The normalized spacial score (nSPS) is 13.0. The molecule has 0 saturated carbocycles. The molecule has 2 atom stereocenters. The number of carbonyl (C=O) groups excluding carboxylic acids is 3. The fraction of sp³-hybridized carbons (Fsp3) is 0.750. The lowest BCUT2D eigenvalue weighted by Crippen LogP contribution is -2.53. The summed E-state index contributed by atoms with van der Waals surface area (Å²) in [6.07, 6.45) is 1.82. The molecule has 0 heterocycles. The number of rotatable bonds is 13. The maximum atomic E-state index is 12.4. The third-order valence-electron chi connectivity index (χ3n) is 3.55. The molecule has 26 heavy (non-hydrogen) atoms. The third-order valence-corrected chi connectivity index (χ3v) is 3.55. The zero-order valence-corrected chi connectivity index (χ0v) is 15.4. The Morgan fingerprint density at radius 3 is 2.12 bits per heavy atom. The first-order valence-corrected chi connectivity index (χ1v) is 8.70. The Kier molecular flexibility index (Phi) is 12.0. The molecule has 0 aromatic heterocycles. The van der Waals surface area contributed by atoms with Crippen LogP contribution in [0.2, 0.25) is 0 Å². The van der Waals surface area contributed by atoms with Crippen molar-refractivity contribution in [2.45, 2.75) is 51.6 Å². The SMILES string of the molecule is CC(C)CC(NC(=O)CNC(=O)CN)C(=O)NC(CCCCN)C(=O)O. The predicted octanol–water partition coefficient (Wildman–Crippen LogP) is -1.71. The van der Waals surface area contributed by atoms with Crippen LogP contribution in [0.5, 0.6) is 0 Å². The molecule has 3 amide bonds. The molecule has 0 rings (SSSR count). The van der Waals surface area contributed by atoms with E-state index >= 15 is 0 Å². The lowest BCUT2D eigenvalue weighted by Gasteiger charge is -2.23. The monoisotopic (exact) mass is 373 g/mol. The second-order valence-corrected chi connectivity index (χ2v) is 6.41. The molecule has 0 fully saturated rings. The van der Waals surface area contributed by atoms with E-state index in [4.69, 9.17) is 11.5 Å². The number of nitrogens with one attached hydrogen (secondary N) is 3. The number of carbonyl (C=O) groups is 4. The molecular formula is C16H31N5O5. The quantitative estimate of drug-likeness (QED) is 0.208. The Hall–Kier alpha value is -2.20. The van der Waals surface area contributed by atoms with E-state index in [0.29, 0.717) is 25.8 Å². The molecule has 0 aliphatic heterocycles. The molecule has 0 bridgehead atoms. The second-order valence-electron chi connectivity index (χ2n) is 6.41. The van der Waals surface area contributed by atoms with E-state index in [0.717, 1.165) is 0 Å². The highest BCUT2D eigenvalue weighted by atomic mass is 16.4. The molecule has 10 nitrogen and oxygen atoms in total. The zero-order chi connectivity index (χ0) is 20.1. The summed E-state index contributed by atoms with van der Waals surface area (Å²) in [5, 5.41) is 16.5. The minimum absolute atomic E-state index is 0.0881. The van der Waals surface area contributed by atoms with E-state index < -0.39 is 35.8 Å². The minimum atomic E-state index is -1.14. The fourth-order valence-corrected chi connectivity index (χ4v) is 2.22. The molecule has 0 saturated heterocycles. The molecule has 150 valence electrons. The van der Waals surface area contributed by atoms with Gasteiger partial charge in [0.1, 0.15) is 12.1 Å². The summed E-state index contributed by atoms with van der Waals surface area (Å²) in [6.45, 7) is 3.64. The van der Waals surface area contributed by atoms with Crippen molar-refractivity contribution in [3.05, 3.63) is 0 Å². The van der Waals surface area contributed by atoms with Crippen molar-refractivity contribution in [1.29, 1.82) is 0 Å². The fourth-order valence-electron chi connectivity index (χ4n) is 2.22. The van der Waals surface area contributed by atoms with Crippen LogP contribution in [0.1, 0.15) is 39.5 Å². The second kappa shape index (κ2) is 13.1. The van der Waals surface area contributed by atoms with Crippen molar-refractivity contribution < 1.29 is 24.3 Å². The van der Waals surface area contributed by atoms with Crippen LogP contribution < -0.4 is 27.4 Å². The van der Waals surface area contributed by atoms with Crippen molar-refractivity contribution in [3.63, 3.8) is 0 Å². The third kappa shape index (κ3) is 10.6. The van der Waals surface area contributed by atoms with Gasteiger partial charge in [-0.25, -0.2) is 4.79 Å². The smallest absolute Gasteiger partial charge is 0.326 e. The molecule has 0 aromatic rings. The Morgan fingerprint density at radius 2 is 1.62 bits per heavy atom. The molecule has 10 heteroatoms. The average molecular weight is 373 g/mol. The van der Waals surface area contributed by atoms with E-state index in [1.807, 2.05) is 13.8 Å². The number of hydrogen-bond donors (Lipinski definition) is 6. The van der Waals surface area contributed by atoms with Gasteiger partial charge >= 0.3 is 5.97 Å². The average Bonchev–Trinajstić information content (AvgIpc) is 2.57. The van der Waals surface area contributed by atoms with Gasteiger partial charge in [0, 0.05) is 0 Å². The zero-order valence-electron chi connectivity index (χ0n) is 15.4. The highest BCUT2D eigenvalue weighted by Crippen LogP contribution is 2.07. The van der Waals surface area contributed by atoms with Gasteiger partial charge in [0.15, 0.2) is 0 Å². The van der Waals surface area contributed by atoms with Crippen LogP contribution in [0, 0.1) is 5.92 Å². The molecule has 8 N–H and O–H groups in total. The summed E-state index contributed by atoms with van der Waals surface area (Å²) in [7, 11) is 0. The Morgan fingerprint density at radius 1 is 0.962 bits per heavy atom. The van der Waals surface area contributed by atoms with Crippen molar-refractivity contribution in [2.24, 2.45) is 17.4 Å². The topological polar surface area (TPSA) is 177 Å². The molecular weight excluding hydrogens is 342 g/mol. The van der Waals surface area contributed by atoms with Gasteiger partial charge < -0.3 is 32.5 Å². The number of carboxylic acids is 1. The summed E-state index contributed by atoms with van der Waals surface area (Å²) in [4.78, 5) is 46.8. The first kappa shape index (κ1) is 23.8. The molecule has 2 unspecified atom stereocenters. The van der Waals surface area contributed by atoms with Gasteiger partial charge in [0.05, 0.1) is 13.1 Å². The van der Waals surface area contributed by atoms with Crippen LogP contribution >= 0.6 is 0 Å². The Bertz CT molecular complexity index is 484. The van der Waals surface area contributed by atoms with Gasteiger partial charge in [0.2, 0.25) is 17.7 Å². The number of nitrogens with two attached hydrogens (primary N) is 2. The maximum Gasteiger partial charge on any atom is 0.326 e. The number of unbranched alkanes of at least 4 members (excludes halogenated alkanes) is 1. The van der Waals surface area contributed by atoms with Crippen molar-refractivity contribution in [3.8, 4) is 0 Å². The molecule has 0 aliphatic rings. The van der Waals surface area contributed by atoms with Crippen molar-refractivity contribution in [2.75, 3.05) is 19.6 Å². The van der Waals surface area contributed by atoms with Gasteiger partial charge in [-0.1, -0.05) is 13.8 Å². The van der Waals surface area contributed by atoms with Crippen LogP contribution in [-0.2, 0) is 19.2 Å². The Balaban J connectivity index is 4.81. The molecule has 0 aliphatic carbocycles. The predicted molar refractivity (Wildman–Crippen MR) is 95.9 cm³/mol. The largest absolute Gasteiger partial charge is 0.480 e. The van der Waals surface area contributed by atoms with Gasteiger partial charge in [-0.2, -0.15) is 0 Å². The number of aliphatic carboxylic acids is 1. The summed E-state index contributed by atoms with van der Waals surface area (Å²) >= 11 is 0. The summed E-state index contributed by atoms with van der Waals surface area (Å²) in [5.74, 6) is -2.67. The number of amides is 3. The van der Waals surface area contributed by atoms with E-state index in [1.165, 1.54) is 0 Å². The van der Waals surface area contributed by atoms with E-state index in [2.05, 4.69) is 16.0 Å². The highest BCUT2D eigenvalue weighted by molar-refractivity contribution is 5.92. The van der Waals surface area contributed by atoms with Crippen LogP contribution in [0.3, 0.4) is 0 Å². The first-order valence-electron chi connectivity index (χ1n) is 8.70. The van der Waals surface area contributed by atoms with Crippen LogP contribution in [0.4, 0.5) is 0 Å². The van der Waals surface area contributed by atoms with Crippen LogP contribution in [0.15, 0.2) is 0 Å². The molecule has 0 aromatic carbocycles. The van der Waals surface area contributed by atoms with Gasteiger partial charge in [-0.15, -0.1) is 0 Å². The van der Waals surface area contributed by atoms with Crippen LogP contribution in [0.25, 0.3) is 0 Å². The van der Waals surface area contributed by atoms with Crippen LogP contribution in [-0.4, -0.2) is 60.5 Å². The van der Waals surface area contributed by atoms with E-state index in [1.54, 1.807) is 0 Å². The number of hydrogen-bond acceptors (Lipinski definition) is 6. The van der Waals surface area contributed by atoms with Gasteiger partial charge in [-0.05, 0) is 38.1 Å². The van der Waals surface area contributed by atoms with Gasteiger partial charge in [-0.3, -0.25) is 14.4 Å². The van der Waals surface area contributed by atoms with Crippen molar-refractivity contribution >= 4 is 23.7 Å². The van der Waals surface area contributed by atoms with Crippen molar-refractivity contribution in [1.82, 2.24) is 16.0 Å². The Labute approximate surface area is 153 Å². The molecule has 0 spiro atoms. The summed E-state index contributed by atoms with van der Waals surface area (Å²) in [5.41, 5.74) is 10.5. The van der Waals surface area contributed by atoms with Gasteiger partial charge in [0.25, 0.3) is 0 Å². The lowest BCUT2D eigenvalue weighted by atomic mass is 10.0. The maximum absolute atomic E-state index is 12.4. The lowest BCUT2D eigenvalue weighted by molar-refractivity contribution is -0.142. The summed E-state index contributed by atoms with van der Waals surface area (Å²) in [6, 6.07) is -1.94. The number of carboxylic acid groups (broad SMARTS) is 1. The standard InChI is InChI=1S/C16H31N5O5/c1-10(2)7-12(20-14(23)9-19-13(22)8-18)15(24)21-11(16(25)26)5-3-4-6-17/h10-12H,3-9,17-18H2,1-2H3,(H,19,22)(H,20,23)(H,21,24)(H,25,26). The molecule has 0 radical (unpaired) electrons. The minimum Gasteiger partial charge on any atom is -0.480 e.